The van der Waals surface area contributed by atoms with E-state index in [9.17, 15) is 9.59 Å². The van der Waals surface area contributed by atoms with Crippen LogP contribution < -0.4 is 20.2 Å². The van der Waals surface area contributed by atoms with Gasteiger partial charge in [-0.1, -0.05) is 24.6 Å². The van der Waals surface area contributed by atoms with E-state index in [2.05, 4.69) is 15.8 Å². The van der Waals surface area contributed by atoms with Gasteiger partial charge < -0.3 is 14.8 Å². The van der Waals surface area contributed by atoms with Crippen LogP contribution >= 0.6 is 0 Å². The number of hydrogen-bond acceptors (Lipinski definition) is 5. The molecular weight excluding hydrogens is 346 g/mol. The zero-order valence-electron chi connectivity index (χ0n) is 15.6. The average Bonchev–Trinajstić information content (AvgIpc) is 2.68. The molecule has 0 atom stereocenters. The van der Waals surface area contributed by atoms with E-state index < -0.39 is 11.8 Å². The molecule has 0 aliphatic carbocycles. The number of amides is 2. The fourth-order valence-corrected chi connectivity index (χ4v) is 2.14. The number of methoxy groups -OCH3 is 1. The third-order valence-corrected chi connectivity index (χ3v) is 3.54. The molecule has 0 saturated carbocycles. The maximum atomic E-state index is 11.9. The molecule has 7 nitrogen and oxygen atoms in total. The summed E-state index contributed by atoms with van der Waals surface area (Å²) in [5.41, 5.74) is 4.49. The molecule has 0 aliphatic rings. The lowest BCUT2D eigenvalue weighted by atomic mass is 10.2. The Morgan fingerprint density at radius 3 is 2.48 bits per heavy atom. The van der Waals surface area contributed by atoms with Gasteiger partial charge in [-0.05, 0) is 49.2 Å². The van der Waals surface area contributed by atoms with Gasteiger partial charge in [-0.15, -0.1) is 0 Å². The molecule has 0 saturated heterocycles. The quantitative estimate of drug-likeness (QED) is 0.446. The van der Waals surface area contributed by atoms with E-state index in [1.165, 1.54) is 6.21 Å². The zero-order valence-corrected chi connectivity index (χ0v) is 15.6. The third kappa shape index (κ3) is 6.14. The van der Waals surface area contributed by atoms with Crippen molar-refractivity contribution in [1.82, 2.24) is 5.43 Å². The van der Waals surface area contributed by atoms with Crippen LogP contribution in [0, 0.1) is 6.92 Å². The topological polar surface area (TPSA) is 89.0 Å². The van der Waals surface area contributed by atoms with E-state index in [0.717, 1.165) is 12.0 Å². The van der Waals surface area contributed by atoms with E-state index >= 15 is 0 Å². The molecule has 0 bridgehead atoms. The van der Waals surface area contributed by atoms with Crippen molar-refractivity contribution < 1.29 is 19.1 Å². The first-order valence-corrected chi connectivity index (χ1v) is 8.55. The highest BCUT2D eigenvalue weighted by Gasteiger charge is 2.12. The zero-order chi connectivity index (χ0) is 19.6. The van der Waals surface area contributed by atoms with Crippen LogP contribution in [-0.4, -0.2) is 31.7 Å². The number of benzene rings is 2. The summed E-state index contributed by atoms with van der Waals surface area (Å²) in [7, 11) is 1.56. The van der Waals surface area contributed by atoms with Crippen LogP contribution in [0.15, 0.2) is 47.6 Å². The summed E-state index contributed by atoms with van der Waals surface area (Å²) in [4.78, 5) is 23.7. The molecule has 0 fully saturated rings. The Bertz CT molecular complexity index is 816. The Morgan fingerprint density at radius 2 is 1.81 bits per heavy atom. The number of rotatable bonds is 7. The maximum Gasteiger partial charge on any atom is 0.329 e. The summed E-state index contributed by atoms with van der Waals surface area (Å²) in [5.74, 6) is -0.450. The predicted octanol–water partition coefficient (Wildman–Crippen LogP) is 2.88. The van der Waals surface area contributed by atoms with Gasteiger partial charge in [0.25, 0.3) is 0 Å². The standard InChI is InChI=1S/C20H23N3O4/c1-4-11-27-18-12-15(7-10-17(18)26-3)13-21-23-20(25)19(24)22-16-8-5-14(2)6-9-16/h5-10,12-13H,4,11H2,1-3H3,(H,22,24)(H,23,25)/b21-13-. The summed E-state index contributed by atoms with van der Waals surface area (Å²) in [6, 6.07) is 12.4. The van der Waals surface area contributed by atoms with E-state index in [4.69, 9.17) is 9.47 Å². The van der Waals surface area contributed by atoms with Crippen LogP contribution in [0.5, 0.6) is 11.5 Å². The van der Waals surface area contributed by atoms with Gasteiger partial charge in [0.2, 0.25) is 0 Å². The number of carbonyl (C=O) groups is 2. The summed E-state index contributed by atoms with van der Waals surface area (Å²) >= 11 is 0. The predicted molar refractivity (Wildman–Crippen MR) is 104 cm³/mol. The molecule has 2 rings (SSSR count). The number of aryl methyl sites for hydroxylation is 1. The minimum Gasteiger partial charge on any atom is -0.493 e. The molecule has 0 aliphatic heterocycles. The van der Waals surface area contributed by atoms with Crippen molar-refractivity contribution in [2.45, 2.75) is 20.3 Å². The van der Waals surface area contributed by atoms with Gasteiger partial charge in [0.05, 0.1) is 19.9 Å². The lowest BCUT2D eigenvalue weighted by Crippen LogP contribution is -2.32. The number of nitrogens with zero attached hydrogens (tertiary/aromatic N) is 1. The molecule has 27 heavy (non-hydrogen) atoms. The highest BCUT2D eigenvalue weighted by Crippen LogP contribution is 2.27. The number of ether oxygens (including phenoxy) is 2. The maximum absolute atomic E-state index is 11.9. The lowest BCUT2D eigenvalue weighted by molar-refractivity contribution is -0.136. The van der Waals surface area contributed by atoms with Gasteiger partial charge in [-0.2, -0.15) is 5.10 Å². The minimum atomic E-state index is -0.859. The molecule has 0 unspecified atom stereocenters. The fourth-order valence-electron chi connectivity index (χ4n) is 2.14. The van der Waals surface area contributed by atoms with E-state index in [1.54, 1.807) is 37.4 Å². The molecule has 7 heteroatoms. The van der Waals surface area contributed by atoms with Crippen LogP contribution in [0.25, 0.3) is 0 Å². The van der Waals surface area contributed by atoms with Crippen LogP contribution in [0.4, 0.5) is 5.69 Å². The second-order valence-corrected chi connectivity index (χ2v) is 5.78. The largest absolute Gasteiger partial charge is 0.493 e. The molecular formula is C20H23N3O4. The molecule has 2 N–H and O–H groups in total. The molecule has 0 aromatic heterocycles. The molecule has 2 aromatic rings. The van der Waals surface area contributed by atoms with Crippen molar-refractivity contribution in [1.29, 1.82) is 0 Å². The van der Waals surface area contributed by atoms with Gasteiger partial charge in [-0.25, -0.2) is 5.43 Å². The van der Waals surface area contributed by atoms with Gasteiger partial charge >= 0.3 is 11.8 Å². The Morgan fingerprint density at radius 1 is 1.07 bits per heavy atom. The van der Waals surface area contributed by atoms with Crippen molar-refractivity contribution in [2.75, 3.05) is 19.0 Å². The number of hydrogen-bond donors (Lipinski definition) is 2. The number of hydrazone groups is 1. The van der Waals surface area contributed by atoms with Crippen molar-refractivity contribution in [2.24, 2.45) is 5.10 Å². The molecule has 0 heterocycles. The molecule has 0 spiro atoms. The normalized spacial score (nSPS) is 10.5. The van der Waals surface area contributed by atoms with Crippen LogP contribution in [0.1, 0.15) is 24.5 Å². The average molecular weight is 369 g/mol. The van der Waals surface area contributed by atoms with E-state index in [-0.39, 0.29) is 0 Å². The highest BCUT2D eigenvalue weighted by molar-refractivity contribution is 6.39. The number of carbonyl (C=O) groups excluding carboxylic acids is 2. The minimum absolute atomic E-state index is 0.539. The Labute approximate surface area is 158 Å². The monoisotopic (exact) mass is 369 g/mol. The molecule has 2 amide bonds. The Hall–Kier alpha value is -3.35. The smallest absolute Gasteiger partial charge is 0.329 e. The van der Waals surface area contributed by atoms with E-state index in [0.29, 0.717) is 29.4 Å². The summed E-state index contributed by atoms with van der Waals surface area (Å²) in [6.07, 6.45) is 2.29. The second kappa shape index (κ2) is 9.96. The number of anilines is 1. The van der Waals surface area contributed by atoms with Crippen LogP contribution in [0.2, 0.25) is 0 Å². The third-order valence-electron chi connectivity index (χ3n) is 3.54. The number of nitrogens with one attached hydrogen (secondary N) is 2. The van der Waals surface area contributed by atoms with Crippen molar-refractivity contribution in [3.05, 3.63) is 53.6 Å². The highest BCUT2D eigenvalue weighted by atomic mass is 16.5. The van der Waals surface area contributed by atoms with Gasteiger partial charge in [0.15, 0.2) is 11.5 Å². The lowest BCUT2D eigenvalue weighted by Gasteiger charge is -2.10. The van der Waals surface area contributed by atoms with Crippen LogP contribution in [0.3, 0.4) is 0 Å². The second-order valence-electron chi connectivity index (χ2n) is 5.78. The van der Waals surface area contributed by atoms with Gasteiger partial charge in [0.1, 0.15) is 0 Å². The molecule has 0 radical (unpaired) electrons. The first kappa shape index (κ1) is 20.0. The Balaban J connectivity index is 1.94. The SMILES string of the molecule is CCCOc1cc(/C=N\NC(=O)C(=O)Nc2ccc(C)cc2)ccc1OC. The first-order valence-electron chi connectivity index (χ1n) is 8.55. The van der Waals surface area contributed by atoms with Crippen LogP contribution in [-0.2, 0) is 9.59 Å². The van der Waals surface area contributed by atoms with Crippen molar-refractivity contribution >= 4 is 23.7 Å². The summed E-state index contributed by atoms with van der Waals surface area (Å²) in [5, 5.41) is 6.32. The fraction of sp³-hybridized carbons (Fsp3) is 0.250. The van der Waals surface area contributed by atoms with Crippen molar-refractivity contribution in [3.8, 4) is 11.5 Å². The van der Waals surface area contributed by atoms with E-state index in [1.807, 2.05) is 26.0 Å². The molecule has 142 valence electrons. The summed E-state index contributed by atoms with van der Waals surface area (Å²) in [6.45, 7) is 4.51. The van der Waals surface area contributed by atoms with Crippen molar-refractivity contribution in [3.63, 3.8) is 0 Å². The van der Waals surface area contributed by atoms with Gasteiger partial charge in [-0.3, -0.25) is 9.59 Å². The summed E-state index contributed by atoms with van der Waals surface area (Å²) < 4.78 is 10.9. The van der Waals surface area contributed by atoms with Gasteiger partial charge in [0, 0.05) is 5.69 Å². The first-order chi connectivity index (χ1) is 13.0. The molecule has 2 aromatic carbocycles. The Kier molecular flexibility index (Phi) is 7.37.